The first kappa shape index (κ1) is 15.6. The molecule has 0 spiro atoms. The highest BCUT2D eigenvalue weighted by Gasteiger charge is 2.25. The summed E-state index contributed by atoms with van der Waals surface area (Å²) < 4.78 is 0. The van der Waals surface area contributed by atoms with Gasteiger partial charge in [-0.25, -0.2) is 9.78 Å². The zero-order valence-corrected chi connectivity index (χ0v) is 10.8. The van der Waals surface area contributed by atoms with Gasteiger partial charge in [0.2, 0.25) is 0 Å². The maximum absolute atomic E-state index is 11.9. The summed E-state index contributed by atoms with van der Waals surface area (Å²) in [7, 11) is 0. The summed E-state index contributed by atoms with van der Waals surface area (Å²) in [5, 5.41) is 21.7. The highest BCUT2D eigenvalue weighted by Crippen LogP contribution is 2.20. The number of carboxylic acid groups (broad SMARTS) is 1. The van der Waals surface area contributed by atoms with E-state index in [1.165, 1.54) is 6.08 Å². The third kappa shape index (κ3) is 3.75. The molecule has 1 amide bonds. The van der Waals surface area contributed by atoms with Crippen LogP contribution in [0.25, 0.3) is 0 Å². The van der Waals surface area contributed by atoms with Crippen molar-refractivity contribution in [2.24, 2.45) is 0 Å². The van der Waals surface area contributed by atoms with Crippen LogP contribution >= 0.6 is 11.6 Å². The summed E-state index contributed by atoms with van der Waals surface area (Å²) in [5.41, 5.74) is -0.917. The topological polar surface area (TPSA) is 122 Å². The van der Waals surface area contributed by atoms with Gasteiger partial charge in [-0.05, 0) is 12.5 Å². The Balaban J connectivity index is 3.07. The molecule has 0 aliphatic heterocycles. The average Bonchev–Trinajstić information content (AvgIpc) is 2.37. The van der Waals surface area contributed by atoms with E-state index in [2.05, 4.69) is 16.9 Å². The molecule has 0 aromatic carbocycles. The van der Waals surface area contributed by atoms with Crippen molar-refractivity contribution in [3.05, 3.63) is 45.7 Å². The third-order valence-electron chi connectivity index (χ3n) is 2.30. The van der Waals surface area contributed by atoms with Crippen LogP contribution in [0.5, 0.6) is 0 Å². The van der Waals surface area contributed by atoms with E-state index in [1.807, 2.05) is 0 Å². The lowest BCUT2D eigenvalue weighted by molar-refractivity contribution is -0.385. The van der Waals surface area contributed by atoms with Gasteiger partial charge in [0.05, 0.1) is 4.92 Å². The number of carbonyl (C=O) groups excluding carboxylic acids is 1. The number of aliphatic carboxylic acids is 1. The molecule has 0 saturated heterocycles. The van der Waals surface area contributed by atoms with Crippen LogP contribution in [0.4, 0.5) is 5.69 Å². The number of hydrogen-bond acceptors (Lipinski definition) is 5. The second-order valence-electron chi connectivity index (χ2n) is 3.67. The van der Waals surface area contributed by atoms with Crippen molar-refractivity contribution in [3.63, 3.8) is 0 Å². The molecule has 0 bridgehead atoms. The summed E-state index contributed by atoms with van der Waals surface area (Å²) in [5.74, 6) is -2.20. The van der Waals surface area contributed by atoms with Gasteiger partial charge >= 0.3 is 5.97 Å². The molecular formula is C11H10ClN3O5. The van der Waals surface area contributed by atoms with E-state index in [0.29, 0.717) is 0 Å². The van der Waals surface area contributed by atoms with Gasteiger partial charge in [-0.3, -0.25) is 14.9 Å². The molecule has 0 aliphatic rings. The Morgan fingerprint density at radius 1 is 1.65 bits per heavy atom. The number of nitrogens with one attached hydrogen (secondary N) is 1. The van der Waals surface area contributed by atoms with Gasteiger partial charge in [-0.15, -0.1) is 6.58 Å². The normalized spacial score (nSPS) is 11.4. The van der Waals surface area contributed by atoms with Crippen LogP contribution in [0.2, 0.25) is 5.15 Å². The van der Waals surface area contributed by atoms with Crippen LogP contribution in [0.3, 0.4) is 0 Å². The van der Waals surface area contributed by atoms with Crippen molar-refractivity contribution in [1.29, 1.82) is 0 Å². The molecule has 0 saturated carbocycles. The van der Waals surface area contributed by atoms with Crippen LogP contribution in [0, 0.1) is 10.1 Å². The van der Waals surface area contributed by atoms with E-state index in [-0.39, 0.29) is 17.1 Å². The van der Waals surface area contributed by atoms with Crippen molar-refractivity contribution >= 4 is 29.2 Å². The van der Waals surface area contributed by atoms with Crippen molar-refractivity contribution in [1.82, 2.24) is 10.3 Å². The minimum atomic E-state index is -1.28. The standard InChI is InChI=1S/C11H10ClN3O5/c1-2-3-7(11(17)18)14-10(16)6-4-9(12)13-5-8(6)15(19)20/h2,4-5,7H,1,3H2,(H,14,16)(H,17,18). The third-order valence-corrected chi connectivity index (χ3v) is 2.50. The van der Waals surface area contributed by atoms with Crippen LogP contribution in [-0.2, 0) is 4.79 Å². The minimum Gasteiger partial charge on any atom is -0.480 e. The maximum Gasteiger partial charge on any atom is 0.326 e. The molecule has 1 atom stereocenters. The van der Waals surface area contributed by atoms with Gasteiger partial charge in [-0.2, -0.15) is 0 Å². The molecule has 0 aliphatic carbocycles. The monoisotopic (exact) mass is 299 g/mol. The predicted octanol–water partition coefficient (Wildman–Crippen LogP) is 1.40. The molecule has 0 radical (unpaired) electrons. The molecule has 1 rings (SSSR count). The Labute approximate surface area is 118 Å². The molecule has 8 nitrogen and oxygen atoms in total. The lowest BCUT2D eigenvalue weighted by Crippen LogP contribution is -2.40. The van der Waals surface area contributed by atoms with Crippen LogP contribution in [-0.4, -0.2) is 32.9 Å². The number of hydrogen-bond donors (Lipinski definition) is 2. The fourth-order valence-electron chi connectivity index (χ4n) is 1.37. The number of carbonyl (C=O) groups is 2. The molecule has 9 heteroatoms. The minimum absolute atomic E-state index is 0.0202. The number of nitro groups is 1. The number of pyridine rings is 1. The Bertz CT molecular complexity index is 575. The predicted molar refractivity (Wildman–Crippen MR) is 69.6 cm³/mol. The van der Waals surface area contributed by atoms with Gasteiger partial charge in [0.25, 0.3) is 11.6 Å². The highest BCUT2D eigenvalue weighted by molar-refractivity contribution is 6.29. The molecule has 1 aromatic heterocycles. The number of carboxylic acids is 1. The van der Waals surface area contributed by atoms with Gasteiger partial charge in [-0.1, -0.05) is 17.7 Å². The first-order valence-electron chi connectivity index (χ1n) is 5.31. The smallest absolute Gasteiger partial charge is 0.326 e. The molecule has 106 valence electrons. The van der Waals surface area contributed by atoms with Crippen molar-refractivity contribution < 1.29 is 19.6 Å². The van der Waals surface area contributed by atoms with Crippen molar-refractivity contribution in [2.45, 2.75) is 12.5 Å². The van der Waals surface area contributed by atoms with Gasteiger partial charge in [0.1, 0.15) is 23.0 Å². The quantitative estimate of drug-likeness (QED) is 0.354. The SMILES string of the molecule is C=CCC(NC(=O)c1cc(Cl)ncc1[N+](=O)[O-])C(=O)O. The number of amides is 1. The number of nitrogens with zero attached hydrogens (tertiary/aromatic N) is 2. The molecule has 1 aromatic rings. The lowest BCUT2D eigenvalue weighted by atomic mass is 10.1. The van der Waals surface area contributed by atoms with Crippen LogP contribution < -0.4 is 5.32 Å². The second-order valence-corrected chi connectivity index (χ2v) is 4.06. The van der Waals surface area contributed by atoms with E-state index >= 15 is 0 Å². The van der Waals surface area contributed by atoms with Gasteiger partial charge in [0, 0.05) is 0 Å². The Hall–Kier alpha value is -2.48. The first-order valence-corrected chi connectivity index (χ1v) is 5.69. The fraction of sp³-hybridized carbons (Fsp3) is 0.182. The van der Waals surface area contributed by atoms with Gasteiger partial charge < -0.3 is 10.4 Å². The summed E-state index contributed by atoms with van der Waals surface area (Å²) in [6.07, 6.45) is 2.13. The summed E-state index contributed by atoms with van der Waals surface area (Å²) >= 11 is 5.58. The number of halogens is 1. The number of rotatable bonds is 6. The lowest BCUT2D eigenvalue weighted by Gasteiger charge is -2.12. The zero-order chi connectivity index (χ0) is 15.3. The second kappa shape index (κ2) is 6.62. The van der Waals surface area contributed by atoms with E-state index in [0.717, 1.165) is 12.3 Å². The van der Waals surface area contributed by atoms with E-state index in [4.69, 9.17) is 16.7 Å². The van der Waals surface area contributed by atoms with Crippen LogP contribution in [0.1, 0.15) is 16.8 Å². The Morgan fingerprint density at radius 2 is 2.30 bits per heavy atom. The largest absolute Gasteiger partial charge is 0.480 e. The molecule has 2 N–H and O–H groups in total. The molecule has 1 unspecified atom stereocenters. The van der Waals surface area contributed by atoms with Crippen molar-refractivity contribution in [2.75, 3.05) is 0 Å². The summed E-state index contributed by atoms with van der Waals surface area (Å²) in [4.78, 5) is 36.3. The molecule has 20 heavy (non-hydrogen) atoms. The Morgan fingerprint density at radius 3 is 2.80 bits per heavy atom. The number of aromatic nitrogens is 1. The highest BCUT2D eigenvalue weighted by atomic mass is 35.5. The Kier molecular flexibility index (Phi) is 5.15. The van der Waals surface area contributed by atoms with E-state index < -0.39 is 28.5 Å². The summed E-state index contributed by atoms with van der Waals surface area (Å²) in [6.45, 7) is 3.37. The molecule has 0 fully saturated rings. The van der Waals surface area contributed by atoms with Crippen molar-refractivity contribution in [3.8, 4) is 0 Å². The molecular weight excluding hydrogens is 290 g/mol. The maximum atomic E-state index is 11.9. The van der Waals surface area contributed by atoms with Crippen LogP contribution in [0.15, 0.2) is 24.9 Å². The van der Waals surface area contributed by atoms with Gasteiger partial charge in [0.15, 0.2) is 0 Å². The first-order chi connectivity index (χ1) is 9.36. The zero-order valence-electron chi connectivity index (χ0n) is 10.1. The van der Waals surface area contributed by atoms with E-state index in [9.17, 15) is 19.7 Å². The molecule has 1 heterocycles. The average molecular weight is 300 g/mol. The van der Waals surface area contributed by atoms with E-state index in [1.54, 1.807) is 0 Å². The summed E-state index contributed by atoms with van der Waals surface area (Å²) in [6, 6.07) is -0.228. The fourth-order valence-corrected chi connectivity index (χ4v) is 1.53.